The van der Waals surface area contributed by atoms with Crippen molar-refractivity contribution in [3.63, 3.8) is 0 Å². The number of nitrogens with zero attached hydrogens (tertiary/aromatic N) is 1. The van der Waals surface area contributed by atoms with E-state index in [1.54, 1.807) is 17.8 Å². The minimum absolute atomic E-state index is 0.119. The van der Waals surface area contributed by atoms with Crippen LogP contribution in [0.4, 0.5) is 4.79 Å². The molecule has 3 rings (SSSR count). The highest BCUT2D eigenvalue weighted by atomic mass is 32.2. The number of likely N-dealkylation sites (tertiary alicyclic amines) is 1. The van der Waals surface area contributed by atoms with Gasteiger partial charge in [-0.1, -0.05) is 60.7 Å². The van der Waals surface area contributed by atoms with Crippen LogP contribution in [-0.4, -0.2) is 45.0 Å². The number of hydrogen-bond acceptors (Lipinski definition) is 3. The van der Waals surface area contributed by atoms with Crippen molar-refractivity contribution in [3.8, 4) is 11.1 Å². The average molecular weight is 397 g/mol. The molecule has 2 N–H and O–H groups in total. The predicted octanol–water partition coefficient (Wildman–Crippen LogP) is 4.70. The van der Waals surface area contributed by atoms with Gasteiger partial charge in [0.1, 0.15) is 5.54 Å². The van der Waals surface area contributed by atoms with Crippen LogP contribution in [0.15, 0.2) is 67.3 Å². The van der Waals surface area contributed by atoms with E-state index in [2.05, 4.69) is 6.58 Å². The molecule has 1 amide bonds. The van der Waals surface area contributed by atoms with Gasteiger partial charge in [0.25, 0.3) is 0 Å². The number of carboxylic acid groups (broad SMARTS) is 2. The summed E-state index contributed by atoms with van der Waals surface area (Å²) in [5, 5.41) is 19.4. The SMILES string of the molecule is C=CCSC1(c2ccc(-c3ccccc3)cc2)CN(C(=O)O)C(C)(C(=O)O)C1. The summed E-state index contributed by atoms with van der Waals surface area (Å²) in [5.74, 6) is -0.527. The zero-order valence-corrected chi connectivity index (χ0v) is 16.5. The van der Waals surface area contributed by atoms with Gasteiger partial charge in [0, 0.05) is 18.7 Å². The third-order valence-electron chi connectivity index (χ3n) is 5.33. The molecule has 1 aliphatic rings. The Kier molecular flexibility index (Phi) is 5.52. The van der Waals surface area contributed by atoms with Crippen LogP contribution in [0.25, 0.3) is 11.1 Å². The molecule has 5 nitrogen and oxygen atoms in total. The number of carbonyl (C=O) groups is 2. The summed E-state index contributed by atoms with van der Waals surface area (Å²) in [6.45, 7) is 5.36. The third-order valence-corrected chi connectivity index (χ3v) is 6.79. The Labute approximate surface area is 168 Å². The van der Waals surface area contributed by atoms with Gasteiger partial charge in [-0.05, 0) is 23.6 Å². The van der Waals surface area contributed by atoms with Crippen LogP contribution in [0.3, 0.4) is 0 Å². The fraction of sp³-hybridized carbons (Fsp3) is 0.273. The van der Waals surface area contributed by atoms with Crippen molar-refractivity contribution < 1.29 is 19.8 Å². The molecule has 2 aromatic rings. The van der Waals surface area contributed by atoms with E-state index < -0.39 is 22.3 Å². The van der Waals surface area contributed by atoms with E-state index in [1.807, 2.05) is 54.6 Å². The molecule has 6 heteroatoms. The molecule has 1 aliphatic heterocycles. The van der Waals surface area contributed by atoms with Gasteiger partial charge in [-0.3, -0.25) is 4.90 Å². The summed E-state index contributed by atoms with van der Waals surface area (Å²) in [6, 6.07) is 17.9. The Morgan fingerprint density at radius 2 is 1.71 bits per heavy atom. The van der Waals surface area contributed by atoms with Gasteiger partial charge in [0.05, 0.1) is 4.75 Å². The molecule has 1 fully saturated rings. The molecule has 1 saturated heterocycles. The summed E-state index contributed by atoms with van der Waals surface area (Å²) < 4.78 is -0.644. The Balaban J connectivity index is 2.02. The molecule has 0 aliphatic carbocycles. The molecule has 1 heterocycles. The lowest BCUT2D eigenvalue weighted by atomic mass is 9.88. The van der Waals surface area contributed by atoms with E-state index in [0.717, 1.165) is 21.6 Å². The van der Waals surface area contributed by atoms with Gasteiger partial charge in [0.15, 0.2) is 0 Å². The first-order chi connectivity index (χ1) is 13.3. The highest BCUT2D eigenvalue weighted by molar-refractivity contribution is 8.00. The van der Waals surface area contributed by atoms with Crippen LogP contribution < -0.4 is 0 Å². The van der Waals surface area contributed by atoms with E-state index in [1.165, 1.54) is 6.92 Å². The minimum Gasteiger partial charge on any atom is -0.480 e. The molecular formula is C22H23NO4S. The van der Waals surface area contributed by atoms with Gasteiger partial charge in [-0.25, -0.2) is 9.59 Å². The molecule has 2 atom stereocenters. The van der Waals surface area contributed by atoms with Crippen LogP contribution in [0.1, 0.15) is 18.9 Å². The maximum absolute atomic E-state index is 11.9. The van der Waals surface area contributed by atoms with Crippen molar-refractivity contribution in [1.29, 1.82) is 0 Å². The van der Waals surface area contributed by atoms with Gasteiger partial charge in [0.2, 0.25) is 0 Å². The van der Waals surface area contributed by atoms with Crippen LogP contribution >= 0.6 is 11.8 Å². The fourth-order valence-corrected chi connectivity index (χ4v) is 5.14. The second-order valence-electron chi connectivity index (χ2n) is 7.16. The second-order valence-corrected chi connectivity index (χ2v) is 8.57. The zero-order valence-electron chi connectivity index (χ0n) is 15.7. The third kappa shape index (κ3) is 3.52. The second kappa shape index (κ2) is 7.72. The number of hydrogen-bond donors (Lipinski definition) is 2. The van der Waals surface area contributed by atoms with Gasteiger partial charge in [-0.2, -0.15) is 0 Å². The summed E-state index contributed by atoms with van der Waals surface area (Å²) in [5.41, 5.74) is 1.60. The fourth-order valence-electron chi connectivity index (χ4n) is 3.80. The zero-order chi connectivity index (χ0) is 20.4. The standard InChI is InChI=1S/C22H23NO4S/c1-3-13-28-22(14-21(2,19(24)25)23(15-22)20(26)27)18-11-9-17(10-12-18)16-7-5-4-6-8-16/h3-12H,1,13-15H2,2H3,(H,24,25)(H,26,27). The average Bonchev–Trinajstić information content (AvgIpc) is 3.03. The van der Waals surface area contributed by atoms with Gasteiger partial charge >= 0.3 is 12.1 Å². The first kappa shape index (κ1) is 20.0. The van der Waals surface area contributed by atoms with E-state index in [9.17, 15) is 19.8 Å². The molecule has 0 bridgehead atoms. The van der Waals surface area contributed by atoms with Crippen molar-refractivity contribution in [3.05, 3.63) is 72.8 Å². The van der Waals surface area contributed by atoms with E-state index in [-0.39, 0.29) is 13.0 Å². The minimum atomic E-state index is -1.47. The Morgan fingerprint density at radius 1 is 1.11 bits per heavy atom. The van der Waals surface area contributed by atoms with Crippen molar-refractivity contribution >= 4 is 23.8 Å². The van der Waals surface area contributed by atoms with E-state index in [0.29, 0.717) is 5.75 Å². The molecule has 0 saturated carbocycles. The molecular weight excluding hydrogens is 374 g/mol. The van der Waals surface area contributed by atoms with Crippen LogP contribution in [0.5, 0.6) is 0 Å². The largest absolute Gasteiger partial charge is 0.480 e. The van der Waals surface area contributed by atoms with Crippen LogP contribution in [0, 0.1) is 0 Å². The highest BCUT2D eigenvalue weighted by Crippen LogP contribution is 2.51. The molecule has 0 spiro atoms. The van der Waals surface area contributed by atoms with E-state index >= 15 is 0 Å². The molecule has 2 unspecified atom stereocenters. The number of carboxylic acids is 1. The number of rotatable bonds is 6. The van der Waals surface area contributed by atoms with Crippen molar-refractivity contribution in [1.82, 2.24) is 4.90 Å². The molecule has 28 heavy (non-hydrogen) atoms. The van der Waals surface area contributed by atoms with Crippen molar-refractivity contribution in [2.24, 2.45) is 0 Å². The maximum atomic E-state index is 11.9. The van der Waals surface area contributed by atoms with Gasteiger partial charge < -0.3 is 10.2 Å². The monoisotopic (exact) mass is 397 g/mol. The Morgan fingerprint density at radius 3 is 2.21 bits per heavy atom. The topological polar surface area (TPSA) is 77.8 Å². The molecule has 2 aromatic carbocycles. The Bertz CT molecular complexity index is 883. The number of thioether (sulfide) groups is 1. The van der Waals surface area contributed by atoms with Crippen molar-refractivity contribution in [2.75, 3.05) is 12.3 Å². The Hall–Kier alpha value is -2.73. The molecule has 0 radical (unpaired) electrons. The lowest BCUT2D eigenvalue weighted by molar-refractivity contribution is -0.147. The summed E-state index contributed by atoms with van der Waals surface area (Å²) in [6.07, 6.45) is 0.740. The van der Waals surface area contributed by atoms with Crippen LogP contribution in [-0.2, 0) is 9.54 Å². The molecule has 0 aromatic heterocycles. The van der Waals surface area contributed by atoms with E-state index in [4.69, 9.17) is 0 Å². The maximum Gasteiger partial charge on any atom is 0.408 e. The number of benzene rings is 2. The first-order valence-electron chi connectivity index (χ1n) is 8.97. The lowest BCUT2D eigenvalue weighted by Gasteiger charge is -2.29. The van der Waals surface area contributed by atoms with Crippen molar-refractivity contribution in [2.45, 2.75) is 23.6 Å². The summed E-state index contributed by atoms with van der Waals surface area (Å²) in [7, 11) is 0. The van der Waals surface area contributed by atoms with Gasteiger partial charge in [-0.15, -0.1) is 18.3 Å². The number of aliphatic carboxylic acids is 1. The highest BCUT2D eigenvalue weighted by Gasteiger charge is 2.57. The first-order valence-corrected chi connectivity index (χ1v) is 9.96. The quantitative estimate of drug-likeness (QED) is 0.691. The van der Waals surface area contributed by atoms with Crippen LogP contribution in [0.2, 0.25) is 0 Å². The smallest absolute Gasteiger partial charge is 0.408 e. The molecule has 146 valence electrons. The summed E-state index contributed by atoms with van der Waals surface area (Å²) in [4.78, 5) is 24.8. The predicted molar refractivity (Wildman–Crippen MR) is 112 cm³/mol. The lowest BCUT2D eigenvalue weighted by Crippen LogP contribution is -2.50. The normalized spacial score (nSPS) is 24.1. The summed E-state index contributed by atoms with van der Waals surface area (Å²) >= 11 is 1.54. The number of amides is 1.